The number of benzene rings is 1. The van der Waals surface area contributed by atoms with Crippen molar-refractivity contribution in [2.24, 2.45) is 0 Å². The molecule has 0 saturated heterocycles. The SMILES string of the molecule is O=[N+]([O-])c1cc(Cl)c2nccc(Cl)c2c1. The largest absolute Gasteiger partial charge is 0.271 e. The fourth-order valence-corrected chi connectivity index (χ4v) is 1.73. The number of nitro groups is 1. The Bertz CT molecular complexity index is 557. The molecule has 0 aliphatic rings. The van der Waals surface area contributed by atoms with Crippen molar-refractivity contribution in [3.63, 3.8) is 0 Å². The van der Waals surface area contributed by atoms with Gasteiger partial charge in [0.05, 0.1) is 20.5 Å². The molecule has 0 aliphatic heterocycles. The molecule has 1 heterocycles. The van der Waals surface area contributed by atoms with Crippen LogP contribution in [0.1, 0.15) is 0 Å². The summed E-state index contributed by atoms with van der Waals surface area (Å²) in [4.78, 5) is 14.1. The summed E-state index contributed by atoms with van der Waals surface area (Å²) in [6.45, 7) is 0. The van der Waals surface area contributed by atoms with E-state index in [0.717, 1.165) is 0 Å². The zero-order valence-electron chi connectivity index (χ0n) is 7.28. The van der Waals surface area contributed by atoms with Crippen LogP contribution < -0.4 is 0 Å². The number of nitro benzene ring substituents is 1. The normalized spacial score (nSPS) is 10.5. The maximum Gasteiger partial charge on any atom is 0.271 e. The minimum absolute atomic E-state index is 0.0950. The van der Waals surface area contributed by atoms with Crippen molar-refractivity contribution in [1.29, 1.82) is 0 Å². The first-order valence-corrected chi connectivity index (χ1v) is 4.73. The summed E-state index contributed by atoms with van der Waals surface area (Å²) in [7, 11) is 0. The van der Waals surface area contributed by atoms with Gasteiger partial charge in [0.15, 0.2) is 0 Å². The van der Waals surface area contributed by atoms with E-state index in [9.17, 15) is 10.1 Å². The van der Waals surface area contributed by atoms with Crippen molar-refractivity contribution in [2.45, 2.75) is 0 Å². The van der Waals surface area contributed by atoms with Crippen molar-refractivity contribution in [3.8, 4) is 0 Å². The molecule has 0 bridgehead atoms. The number of non-ortho nitro benzene ring substituents is 1. The predicted molar refractivity (Wildman–Crippen MR) is 58.4 cm³/mol. The third kappa shape index (κ3) is 1.73. The molecule has 76 valence electrons. The van der Waals surface area contributed by atoms with E-state index in [0.29, 0.717) is 15.9 Å². The molecule has 1 aromatic carbocycles. The van der Waals surface area contributed by atoms with Gasteiger partial charge in [-0.05, 0) is 6.07 Å². The molecule has 0 amide bonds. The second-order valence-electron chi connectivity index (χ2n) is 2.87. The van der Waals surface area contributed by atoms with E-state index in [4.69, 9.17) is 23.2 Å². The average Bonchev–Trinajstić information content (AvgIpc) is 2.19. The van der Waals surface area contributed by atoms with Gasteiger partial charge in [-0.15, -0.1) is 0 Å². The van der Waals surface area contributed by atoms with E-state index in [1.54, 1.807) is 6.07 Å². The first-order chi connectivity index (χ1) is 7.09. The smallest absolute Gasteiger partial charge is 0.258 e. The number of hydrogen-bond donors (Lipinski definition) is 0. The van der Waals surface area contributed by atoms with Crippen LogP contribution in [0.3, 0.4) is 0 Å². The van der Waals surface area contributed by atoms with Gasteiger partial charge in [-0.1, -0.05) is 23.2 Å². The van der Waals surface area contributed by atoms with Gasteiger partial charge in [-0.25, -0.2) is 0 Å². The van der Waals surface area contributed by atoms with Crippen LogP contribution in [0.4, 0.5) is 5.69 Å². The number of aromatic nitrogens is 1. The van der Waals surface area contributed by atoms with Crippen LogP contribution >= 0.6 is 23.2 Å². The summed E-state index contributed by atoms with van der Waals surface area (Å²) in [5, 5.41) is 11.7. The highest BCUT2D eigenvalue weighted by Gasteiger charge is 2.12. The molecule has 2 aromatic rings. The summed E-state index contributed by atoms with van der Waals surface area (Å²) >= 11 is 11.7. The van der Waals surface area contributed by atoms with Crippen LogP contribution in [0.25, 0.3) is 10.9 Å². The van der Waals surface area contributed by atoms with E-state index < -0.39 is 4.92 Å². The molecule has 0 atom stereocenters. The highest BCUT2D eigenvalue weighted by molar-refractivity contribution is 6.39. The number of rotatable bonds is 1. The van der Waals surface area contributed by atoms with Crippen molar-refractivity contribution in [3.05, 3.63) is 44.6 Å². The van der Waals surface area contributed by atoms with Crippen molar-refractivity contribution in [1.82, 2.24) is 4.98 Å². The first kappa shape index (κ1) is 10.1. The van der Waals surface area contributed by atoms with E-state index in [-0.39, 0.29) is 10.7 Å². The molecule has 15 heavy (non-hydrogen) atoms. The molecule has 1 aromatic heterocycles. The Kier molecular flexibility index (Phi) is 2.46. The summed E-state index contributed by atoms with van der Waals surface area (Å²) < 4.78 is 0. The summed E-state index contributed by atoms with van der Waals surface area (Å²) in [6.07, 6.45) is 1.50. The third-order valence-corrected chi connectivity index (χ3v) is 2.56. The van der Waals surface area contributed by atoms with Crippen molar-refractivity contribution in [2.75, 3.05) is 0 Å². The van der Waals surface area contributed by atoms with Crippen molar-refractivity contribution < 1.29 is 4.92 Å². The molecule has 4 nitrogen and oxygen atoms in total. The fraction of sp³-hybridized carbons (Fsp3) is 0. The Hall–Kier alpha value is -1.39. The molecule has 0 fully saturated rings. The minimum atomic E-state index is -0.519. The van der Waals surface area contributed by atoms with Gasteiger partial charge in [0, 0.05) is 23.7 Å². The zero-order valence-corrected chi connectivity index (χ0v) is 8.79. The molecule has 0 saturated carbocycles. The van der Waals surface area contributed by atoms with Crippen LogP contribution in [0.15, 0.2) is 24.4 Å². The summed E-state index contributed by atoms with van der Waals surface area (Å²) in [5.74, 6) is 0. The molecule has 0 aliphatic carbocycles. The predicted octanol–water partition coefficient (Wildman–Crippen LogP) is 3.45. The van der Waals surface area contributed by atoms with Gasteiger partial charge >= 0.3 is 0 Å². The van der Waals surface area contributed by atoms with E-state index in [2.05, 4.69) is 4.98 Å². The highest BCUT2D eigenvalue weighted by atomic mass is 35.5. The molecule has 0 N–H and O–H groups in total. The van der Waals surface area contributed by atoms with Gasteiger partial charge in [0.25, 0.3) is 5.69 Å². The van der Waals surface area contributed by atoms with Crippen LogP contribution in [-0.4, -0.2) is 9.91 Å². The molecular formula is C9H4Cl2N2O2. The van der Waals surface area contributed by atoms with Crippen molar-refractivity contribution >= 4 is 39.8 Å². The van der Waals surface area contributed by atoms with Crippen LogP contribution in [0.2, 0.25) is 10.0 Å². The lowest BCUT2D eigenvalue weighted by Crippen LogP contribution is -1.89. The Morgan fingerprint density at radius 1 is 1.27 bits per heavy atom. The van der Waals surface area contributed by atoms with E-state index in [1.807, 2.05) is 0 Å². The average molecular weight is 243 g/mol. The number of fused-ring (bicyclic) bond motifs is 1. The topological polar surface area (TPSA) is 56.0 Å². The highest BCUT2D eigenvalue weighted by Crippen LogP contribution is 2.31. The van der Waals surface area contributed by atoms with E-state index >= 15 is 0 Å². The molecule has 0 radical (unpaired) electrons. The van der Waals surface area contributed by atoms with E-state index in [1.165, 1.54) is 18.3 Å². The molecule has 0 unspecified atom stereocenters. The maximum absolute atomic E-state index is 10.6. The molecule has 6 heteroatoms. The summed E-state index contributed by atoms with van der Waals surface area (Å²) in [6, 6.07) is 4.17. The molecule has 2 rings (SSSR count). The quantitative estimate of drug-likeness (QED) is 0.569. The lowest BCUT2D eigenvalue weighted by molar-refractivity contribution is -0.384. The summed E-state index contributed by atoms with van der Waals surface area (Å²) in [5.41, 5.74) is 0.372. The monoisotopic (exact) mass is 242 g/mol. The Morgan fingerprint density at radius 2 is 2.00 bits per heavy atom. The number of pyridine rings is 1. The van der Waals surface area contributed by atoms with Gasteiger partial charge in [-0.3, -0.25) is 15.1 Å². The minimum Gasteiger partial charge on any atom is -0.258 e. The standard InChI is InChI=1S/C9H4Cl2N2O2/c10-7-1-2-12-9-6(7)3-5(13(14)15)4-8(9)11/h1-4H. The second kappa shape index (κ2) is 3.64. The zero-order chi connectivity index (χ0) is 11.0. The molecular weight excluding hydrogens is 239 g/mol. The lowest BCUT2D eigenvalue weighted by atomic mass is 10.2. The number of nitrogens with zero attached hydrogens (tertiary/aromatic N) is 2. The number of halogens is 2. The Balaban J connectivity index is 2.85. The Labute approximate surface area is 94.6 Å². The van der Waals surface area contributed by atoms with Crippen LogP contribution in [0, 0.1) is 10.1 Å². The first-order valence-electron chi connectivity index (χ1n) is 3.98. The number of hydrogen-bond acceptors (Lipinski definition) is 3. The second-order valence-corrected chi connectivity index (χ2v) is 3.69. The lowest BCUT2D eigenvalue weighted by Gasteiger charge is -2.01. The molecule has 0 spiro atoms. The van der Waals surface area contributed by atoms with Gasteiger partial charge in [0.2, 0.25) is 0 Å². The van der Waals surface area contributed by atoms with Gasteiger partial charge in [-0.2, -0.15) is 0 Å². The fourth-order valence-electron chi connectivity index (χ4n) is 1.27. The maximum atomic E-state index is 10.6. The third-order valence-electron chi connectivity index (χ3n) is 1.94. The van der Waals surface area contributed by atoms with Gasteiger partial charge < -0.3 is 0 Å². The van der Waals surface area contributed by atoms with Crippen LogP contribution in [-0.2, 0) is 0 Å². The van der Waals surface area contributed by atoms with Gasteiger partial charge in [0.1, 0.15) is 0 Å². The van der Waals surface area contributed by atoms with Crippen LogP contribution in [0.5, 0.6) is 0 Å². The Morgan fingerprint density at radius 3 is 2.67 bits per heavy atom.